The van der Waals surface area contributed by atoms with E-state index in [0.717, 1.165) is 0 Å². The lowest BCUT2D eigenvalue weighted by atomic mass is 10.1. The molecule has 5 nitrogen and oxygen atoms in total. The fraction of sp³-hybridized carbons (Fsp3) is 0.133. The Kier molecular flexibility index (Phi) is 4.55. The summed E-state index contributed by atoms with van der Waals surface area (Å²) in [5.74, 6) is -0.614. The van der Waals surface area contributed by atoms with Crippen LogP contribution in [-0.2, 0) is 6.54 Å². The second-order valence-corrected chi connectivity index (χ2v) is 4.73. The minimum Gasteiger partial charge on any atom is -0.504 e. The number of phenols is 1. The van der Waals surface area contributed by atoms with Gasteiger partial charge in [0.2, 0.25) is 0 Å². The van der Waals surface area contributed by atoms with Gasteiger partial charge in [-0.15, -0.1) is 0 Å². The normalized spacial score (nSPS) is 10.2. The summed E-state index contributed by atoms with van der Waals surface area (Å²) in [4.78, 5) is 10.9. The van der Waals surface area contributed by atoms with E-state index in [9.17, 15) is 9.90 Å². The molecule has 0 saturated carbocycles. The van der Waals surface area contributed by atoms with Gasteiger partial charge in [-0.1, -0.05) is 23.7 Å². The number of carboxylic acid groups (broad SMARTS) is 1. The summed E-state index contributed by atoms with van der Waals surface area (Å²) >= 11 is 6.02. The molecule has 0 radical (unpaired) electrons. The van der Waals surface area contributed by atoms with Crippen molar-refractivity contribution in [2.24, 2.45) is 0 Å². The number of para-hydroxylation sites is 1. The van der Waals surface area contributed by atoms with E-state index in [-0.39, 0.29) is 17.9 Å². The largest absolute Gasteiger partial charge is 0.504 e. The molecule has 0 spiro atoms. The third kappa shape index (κ3) is 3.38. The topological polar surface area (TPSA) is 78.8 Å². The summed E-state index contributed by atoms with van der Waals surface area (Å²) in [6, 6.07) is 9.53. The van der Waals surface area contributed by atoms with E-state index in [1.807, 2.05) is 0 Å². The van der Waals surface area contributed by atoms with Gasteiger partial charge in [-0.2, -0.15) is 0 Å². The molecule has 0 amide bonds. The third-order valence-electron chi connectivity index (χ3n) is 2.99. The summed E-state index contributed by atoms with van der Waals surface area (Å²) in [6.45, 7) is 0.284. The van der Waals surface area contributed by atoms with Gasteiger partial charge in [-0.3, -0.25) is 0 Å². The zero-order valence-corrected chi connectivity index (χ0v) is 12.0. The Morgan fingerprint density at radius 3 is 2.76 bits per heavy atom. The minimum absolute atomic E-state index is 0.0398. The average molecular weight is 308 g/mol. The van der Waals surface area contributed by atoms with Gasteiger partial charge >= 0.3 is 5.97 Å². The molecule has 0 bridgehead atoms. The van der Waals surface area contributed by atoms with Crippen LogP contribution in [0.3, 0.4) is 0 Å². The van der Waals surface area contributed by atoms with Crippen LogP contribution in [0, 0.1) is 0 Å². The van der Waals surface area contributed by atoms with Gasteiger partial charge in [-0.25, -0.2) is 4.79 Å². The molecule has 21 heavy (non-hydrogen) atoms. The number of halogens is 1. The van der Waals surface area contributed by atoms with Crippen molar-refractivity contribution in [3.8, 4) is 11.5 Å². The highest BCUT2D eigenvalue weighted by molar-refractivity contribution is 6.33. The van der Waals surface area contributed by atoms with Crippen molar-refractivity contribution in [1.82, 2.24) is 0 Å². The van der Waals surface area contributed by atoms with Crippen molar-refractivity contribution >= 4 is 23.3 Å². The molecule has 2 rings (SSSR count). The monoisotopic (exact) mass is 307 g/mol. The molecule has 3 N–H and O–H groups in total. The van der Waals surface area contributed by atoms with E-state index < -0.39 is 5.97 Å². The highest BCUT2D eigenvalue weighted by Gasteiger charge is 2.10. The van der Waals surface area contributed by atoms with Gasteiger partial charge < -0.3 is 20.3 Å². The Morgan fingerprint density at radius 2 is 2.10 bits per heavy atom. The maximum absolute atomic E-state index is 10.9. The lowest BCUT2D eigenvalue weighted by Crippen LogP contribution is -2.03. The van der Waals surface area contributed by atoms with Crippen molar-refractivity contribution in [3.63, 3.8) is 0 Å². The number of phenolic OH excluding ortho intramolecular Hbond substituents is 1. The Hall–Kier alpha value is -2.40. The smallest absolute Gasteiger partial charge is 0.335 e. The van der Waals surface area contributed by atoms with Crippen LogP contribution in [0.5, 0.6) is 11.5 Å². The van der Waals surface area contributed by atoms with Crippen LogP contribution in [0.15, 0.2) is 36.4 Å². The minimum atomic E-state index is -1.03. The number of methoxy groups -OCH3 is 1. The number of ether oxygens (including phenoxy) is 1. The number of carboxylic acids is 1. The number of benzene rings is 2. The highest BCUT2D eigenvalue weighted by atomic mass is 35.5. The molecule has 0 aliphatic rings. The second-order valence-electron chi connectivity index (χ2n) is 4.32. The summed E-state index contributed by atoms with van der Waals surface area (Å²) in [5, 5.41) is 22.4. The summed E-state index contributed by atoms with van der Waals surface area (Å²) < 4.78 is 5.03. The molecule has 110 valence electrons. The maximum Gasteiger partial charge on any atom is 0.335 e. The van der Waals surface area contributed by atoms with Crippen molar-refractivity contribution in [1.29, 1.82) is 0 Å². The fourth-order valence-corrected chi connectivity index (χ4v) is 2.04. The predicted octanol–water partition coefficient (Wildman–Crippen LogP) is 3.36. The SMILES string of the molecule is COc1cccc(CNc2cc(C(=O)O)ccc2Cl)c1O. The molecule has 0 aromatic heterocycles. The van der Waals surface area contributed by atoms with Gasteiger partial charge in [0, 0.05) is 12.1 Å². The van der Waals surface area contributed by atoms with Crippen LogP contribution in [0.4, 0.5) is 5.69 Å². The number of nitrogens with one attached hydrogen (secondary N) is 1. The van der Waals surface area contributed by atoms with Gasteiger partial charge in [0.15, 0.2) is 11.5 Å². The first-order chi connectivity index (χ1) is 10.0. The van der Waals surface area contributed by atoms with Crippen molar-refractivity contribution in [3.05, 3.63) is 52.5 Å². The molecular weight excluding hydrogens is 294 g/mol. The first-order valence-electron chi connectivity index (χ1n) is 6.14. The number of aromatic hydroxyl groups is 1. The van der Waals surface area contributed by atoms with E-state index in [1.54, 1.807) is 18.2 Å². The first-order valence-corrected chi connectivity index (χ1v) is 6.52. The number of carbonyl (C=O) groups is 1. The summed E-state index contributed by atoms with van der Waals surface area (Å²) in [7, 11) is 1.47. The molecular formula is C15H14ClNO4. The lowest BCUT2D eigenvalue weighted by Gasteiger charge is -2.12. The quantitative estimate of drug-likeness (QED) is 0.789. The maximum atomic E-state index is 10.9. The first kappa shape index (κ1) is 15.0. The lowest BCUT2D eigenvalue weighted by molar-refractivity contribution is 0.0697. The highest BCUT2D eigenvalue weighted by Crippen LogP contribution is 2.31. The number of hydrogen-bond acceptors (Lipinski definition) is 4. The zero-order chi connectivity index (χ0) is 15.4. The van der Waals surface area contributed by atoms with Crippen LogP contribution in [0.2, 0.25) is 5.02 Å². The standard InChI is InChI=1S/C15H14ClNO4/c1-21-13-4-2-3-10(14(13)18)8-17-12-7-9(15(19)20)5-6-11(12)16/h2-7,17-18H,8H2,1H3,(H,19,20). The number of rotatable bonds is 5. The molecule has 0 unspecified atom stereocenters. The Labute approximate surface area is 126 Å². The van der Waals surface area contributed by atoms with E-state index in [1.165, 1.54) is 25.3 Å². The van der Waals surface area contributed by atoms with Crippen LogP contribution in [-0.4, -0.2) is 23.3 Å². The molecule has 0 fully saturated rings. The third-order valence-corrected chi connectivity index (χ3v) is 3.31. The molecule has 0 saturated heterocycles. The van der Waals surface area contributed by atoms with Crippen molar-refractivity contribution < 1.29 is 19.7 Å². The van der Waals surface area contributed by atoms with Gasteiger partial charge in [-0.05, 0) is 24.3 Å². The van der Waals surface area contributed by atoms with Crippen molar-refractivity contribution in [2.45, 2.75) is 6.54 Å². The zero-order valence-electron chi connectivity index (χ0n) is 11.3. The Morgan fingerprint density at radius 1 is 1.33 bits per heavy atom. The van der Waals surface area contributed by atoms with Gasteiger partial charge in [0.25, 0.3) is 0 Å². The molecule has 0 aliphatic heterocycles. The van der Waals surface area contributed by atoms with Crippen LogP contribution in [0.25, 0.3) is 0 Å². The summed E-state index contributed by atoms with van der Waals surface area (Å²) in [6.07, 6.45) is 0. The van der Waals surface area contributed by atoms with Crippen LogP contribution >= 0.6 is 11.6 Å². The van der Waals surface area contributed by atoms with Gasteiger partial charge in [0.05, 0.1) is 23.4 Å². The van der Waals surface area contributed by atoms with Crippen LogP contribution < -0.4 is 10.1 Å². The van der Waals surface area contributed by atoms with Crippen LogP contribution in [0.1, 0.15) is 15.9 Å². The number of aromatic carboxylic acids is 1. The average Bonchev–Trinajstić information content (AvgIpc) is 2.47. The number of hydrogen-bond donors (Lipinski definition) is 3. The van der Waals surface area contributed by atoms with Crippen molar-refractivity contribution in [2.75, 3.05) is 12.4 Å². The molecule has 0 atom stereocenters. The number of anilines is 1. The van der Waals surface area contributed by atoms with Gasteiger partial charge in [0.1, 0.15) is 0 Å². The van der Waals surface area contributed by atoms with E-state index in [4.69, 9.17) is 21.4 Å². The Balaban J connectivity index is 2.20. The Bertz CT molecular complexity index is 673. The second kappa shape index (κ2) is 6.37. The van der Waals surface area contributed by atoms with E-state index in [0.29, 0.717) is 22.0 Å². The van der Waals surface area contributed by atoms with E-state index in [2.05, 4.69) is 5.32 Å². The fourth-order valence-electron chi connectivity index (χ4n) is 1.86. The molecule has 6 heteroatoms. The molecule has 0 heterocycles. The summed E-state index contributed by atoms with van der Waals surface area (Å²) in [5.41, 5.74) is 1.24. The molecule has 0 aliphatic carbocycles. The molecule has 2 aromatic carbocycles. The molecule has 2 aromatic rings. The predicted molar refractivity (Wildman–Crippen MR) is 80.4 cm³/mol. The van der Waals surface area contributed by atoms with E-state index >= 15 is 0 Å².